The van der Waals surface area contributed by atoms with Crippen molar-refractivity contribution < 1.29 is 31.5 Å². The highest BCUT2D eigenvalue weighted by atomic mass is 35.5. The van der Waals surface area contributed by atoms with Gasteiger partial charge in [0.1, 0.15) is 24.2 Å². The average Bonchev–Trinajstić information content (AvgIpc) is 3.45. The van der Waals surface area contributed by atoms with E-state index in [1.54, 1.807) is 35.3 Å². The van der Waals surface area contributed by atoms with Crippen molar-refractivity contribution in [1.82, 2.24) is 34.7 Å². The Balaban J connectivity index is 1.40. The van der Waals surface area contributed by atoms with E-state index in [4.69, 9.17) is 22.3 Å². The number of Topliss-reactive ketones (excluding diaryl/α,β-unsaturated/α-hetero) is 1. The van der Waals surface area contributed by atoms with Crippen molar-refractivity contribution >= 4 is 29.3 Å². The van der Waals surface area contributed by atoms with Crippen molar-refractivity contribution in [3.05, 3.63) is 77.0 Å². The summed E-state index contributed by atoms with van der Waals surface area (Å²) in [5, 5.41) is 12.8. The molecule has 3 heterocycles. The second-order valence-corrected chi connectivity index (χ2v) is 14.4. The van der Waals surface area contributed by atoms with Crippen molar-refractivity contribution in [2.45, 2.75) is 89.5 Å². The Morgan fingerprint density at radius 3 is 2.41 bits per heavy atom. The number of nitrogens with two attached hydrogens (primary N) is 1. The predicted octanol–water partition coefficient (Wildman–Crippen LogP) is 7.28. The number of amides is 1. The Morgan fingerprint density at radius 1 is 1.08 bits per heavy atom. The SMILES string of the molecule is CC(C)(C)C[C@]1(c2ccc(-c3cnn(C4CC4)n3)cc2)N=C(N)N([C@H](CCC(=O)CC(F)(F)F)c2ccc(Cl)c(-n3ncnc3C(F)F)c2)C1=O. The lowest BCUT2D eigenvalue weighted by atomic mass is 9.75. The summed E-state index contributed by atoms with van der Waals surface area (Å²) < 4.78 is 67.8. The summed E-state index contributed by atoms with van der Waals surface area (Å²) >= 11 is 6.41. The van der Waals surface area contributed by atoms with Gasteiger partial charge in [-0.05, 0) is 54.4 Å². The molecule has 2 aliphatic rings. The van der Waals surface area contributed by atoms with Gasteiger partial charge in [0, 0.05) is 12.0 Å². The maximum atomic E-state index is 14.9. The summed E-state index contributed by atoms with van der Waals surface area (Å²) in [6, 6.07) is 10.5. The standard InChI is InChI=1S/C34H35ClF5N9O2/c1-32(2,3)17-33(21-7-4-19(5-8-21)25-16-43-49(46-25)22-9-10-22)30(51)47(31(41)45-33)26(13-11-23(50)15-34(38,39)40)20-6-12-24(35)27(14-20)48-29(28(36)37)42-18-44-48/h4-8,12,14,16,18,22,26,28H,9-11,13,15,17H2,1-3H3,(H2,41,45)/t26-,33-/m1/s1. The fourth-order valence-electron chi connectivity index (χ4n) is 6.42. The van der Waals surface area contributed by atoms with E-state index in [1.807, 2.05) is 20.8 Å². The Bertz CT molecular complexity index is 1960. The molecule has 1 amide bonds. The average molecular weight is 732 g/mol. The molecule has 0 bridgehead atoms. The van der Waals surface area contributed by atoms with E-state index in [0.29, 0.717) is 17.3 Å². The van der Waals surface area contributed by atoms with E-state index in [2.05, 4.69) is 20.3 Å². The molecule has 1 aliphatic heterocycles. The fourth-order valence-corrected chi connectivity index (χ4v) is 6.62. The number of carbonyl (C=O) groups excluding carboxylic acids is 2. The zero-order chi connectivity index (χ0) is 36.9. The summed E-state index contributed by atoms with van der Waals surface area (Å²) in [7, 11) is 0. The summed E-state index contributed by atoms with van der Waals surface area (Å²) in [6.07, 6.45) is -5.45. The van der Waals surface area contributed by atoms with Crippen molar-refractivity contribution in [3.8, 4) is 16.9 Å². The summed E-state index contributed by atoms with van der Waals surface area (Å²) in [4.78, 5) is 38.6. The molecule has 4 aromatic rings. The van der Waals surface area contributed by atoms with Gasteiger partial charge in [-0.3, -0.25) is 14.5 Å². The van der Waals surface area contributed by atoms with Crippen LogP contribution in [0.25, 0.3) is 16.9 Å². The minimum absolute atomic E-state index is 0.00627. The van der Waals surface area contributed by atoms with Gasteiger partial charge in [-0.2, -0.15) is 33.3 Å². The molecule has 2 aromatic carbocycles. The Labute approximate surface area is 294 Å². The molecule has 11 nitrogen and oxygen atoms in total. The third-order valence-electron chi connectivity index (χ3n) is 8.71. The molecule has 0 saturated heterocycles. The van der Waals surface area contributed by atoms with Gasteiger partial charge < -0.3 is 5.73 Å². The number of hydrogen-bond acceptors (Lipinski definition) is 8. The summed E-state index contributed by atoms with van der Waals surface area (Å²) in [5.74, 6) is -2.59. The van der Waals surface area contributed by atoms with Crippen LogP contribution in [0, 0.1) is 5.41 Å². The third kappa shape index (κ3) is 7.65. The maximum Gasteiger partial charge on any atom is 0.395 e. The maximum absolute atomic E-state index is 14.9. The van der Waals surface area contributed by atoms with Crippen molar-refractivity contribution in [2.24, 2.45) is 16.1 Å². The number of aliphatic imine (C=N–C) groups is 1. The molecule has 0 spiro atoms. The number of alkyl halides is 5. The predicted molar refractivity (Wildman–Crippen MR) is 177 cm³/mol. The van der Waals surface area contributed by atoms with Gasteiger partial charge in [-0.1, -0.05) is 62.7 Å². The van der Waals surface area contributed by atoms with E-state index >= 15 is 0 Å². The van der Waals surface area contributed by atoms with Gasteiger partial charge in [0.15, 0.2) is 17.3 Å². The first-order chi connectivity index (χ1) is 24.0. The topological polar surface area (TPSA) is 137 Å². The van der Waals surface area contributed by atoms with E-state index in [0.717, 1.165) is 29.4 Å². The third-order valence-corrected chi connectivity index (χ3v) is 9.03. The zero-order valence-corrected chi connectivity index (χ0v) is 28.7. The summed E-state index contributed by atoms with van der Waals surface area (Å²) in [5.41, 5.74) is 6.68. The van der Waals surface area contributed by atoms with E-state index in [-0.39, 0.29) is 35.1 Å². The molecule has 1 aliphatic carbocycles. The molecule has 0 radical (unpaired) electrons. The molecule has 0 unspecified atom stereocenters. The van der Waals surface area contributed by atoms with Gasteiger partial charge in [0.05, 0.1) is 29.0 Å². The van der Waals surface area contributed by atoms with Gasteiger partial charge in [-0.25, -0.2) is 23.4 Å². The first-order valence-corrected chi connectivity index (χ1v) is 16.6. The van der Waals surface area contributed by atoms with Crippen LogP contribution in [0.3, 0.4) is 0 Å². The quantitative estimate of drug-likeness (QED) is 0.151. The van der Waals surface area contributed by atoms with Gasteiger partial charge in [0.2, 0.25) is 0 Å². The highest BCUT2D eigenvalue weighted by Gasteiger charge is 2.53. The number of aromatic nitrogens is 6. The number of nitrogens with zero attached hydrogens (tertiary/aromatic N) is 8. The fraction of sp³-hybridized carbons (Fsp3) is 0.441. The molecular formula is C34H35ClF5N9O2. The molecule has 6 rings (SSSR count). The number of rotatable bonds is 12. The smallest absolute Gasteiger partial charge is 0.369 e. The van der Waals surface area contributed by atoms with Crippen LogP contribution in [0.5, 0.6) is 0 Å². The van der Waals surface area contributed by atoms with Crippen LogP contribution in [-0.2, 0) is 15.1 Å². The van der Waals surface area contributed by atoms with E-state index < -0.39 is 60.0 Å². The van der Waals surface area contributed by atoms with Gasteiger partial charge in [0.25, 0.3) is 12.3 Å². The number of ketones is 1. The normalized spacial score (nSPS) is 18.8. The number of guanidine groups is 1. The highest BCUT2D eigenvalue weighted by Crippen LogP contribution is 2.46. The monoisotopic (exact) mass is 731 g/mol. The molecule has 2 atom stereocenters. The van der Waals surface area contributed by atoms with E-state index in [9.17, 15) is 31.5 Å². The van der Waals surface area contributed by atoms with Crippen LogP contribution in [0.2, 0.25) is 5.02 Å². The van der Waals surface area contributed by atoms with Gasteiger partial charge >= 0.3 is 6.18 Å². The molecule has 1 fully saturated rings. The number of carbonyl (C=O) groups is 2. The number of benzene rings is 2. The van der Waals surface area contributed by atoms with Gasteiger partial charge in [-0.15, -0.1) is 0 Å². The van der Waals surface area contributed by atoms with E-state index in [1.165, 1.54) is 23.1 Å². The first kappa shape index (κ1) is 36.1. The van der Waals surface area contributed by atoms with Crippen LogP contribution in [0.4, 0.5) is 22.0 Å². The highest BCUT2D eigenvalue weighted by molar-refractivity contribution is 6.32. The zero-order valence-electron chi connectivity index (χ0n) is 27.9. The van der Waals surface area contributed by atoms with Crippen LogP contribution >= 0.6 is 11.6 Å². The Kier molecular flexibility index (Phi) is 9.50. The number of halogens is 6. The van der Waals surface area contributed by atoms with Crippen molar-refractivity contribution in [2.75, 3.05) is 0 Å². The number of hydrogen-bond donors (Lipinski definition) is 1. The van der Waals surface area contributed by atoms with Crippen LogP contribution < -0.4 is 5.73 Å². The molecule has 1 saturated carbocycles. The summed E-state index contributed by atoms with van der Waals surface area (Å²) in [6.45, 7) is 5.79. The Morgan fingerprint density at radius 2 is 1.78 bits per heavy atom. The van der Waals surface area contributed by atoms with Crippen molar-refractivity contribution in [3.63, 3.8) is 0 Å². The van der Waals surface area contributed by atoms with Crippen LogP contribution in [0.15, 0.2) is 60.0 Å². The second-order valence-electron chi connectivity index (χ2n) is 14.0. The lowest BCUT2D eigenvalue weighted by Crippen LogP contribution is -2.46. The molecule has 2 aromatic heterocycles. The van der Waals surface area contributed by atoms with Crippen LogP contribution in [-0.4, -0.2) is 58.5 Å². The lowest BCUT2D eigenvalue weighted by Gasteiger charge is -2.35. The molecule has 17 heteroatoms. The minimum atomic E-state index is -4.73. The Hall–Kier alpha value is -4.73. The largest absolute Gasteiger partial charge is 0.395 e. The molecule has 270 valence electrons. The first-order valence-electron chi connectivity index (χ1n) is 16.2. The molecular weight excluding hydrogens is 697 g/mol. The lowest BCUT2D eigenvalue weighted by molar-refractivity contribution is -0.152. The van der Waals surface area contributed by atoms with Crippen molar-refractivity contribution in [1.29, 1.82) is 0 Å². The molecule has 51 heavy (non-hydrogen) atoms. The second kappa shape index (κ2) is 13.4. The van der Waals surface area contributed by atoms with Crippen LogP contribution in [0.1, 0.15) is 94.8 Å². The minimum Gasteiger partial charge on any atom is -0.369 e. The molecule has 2 N–H and O–H groups in total.